The number of nitrogens with two attached hydrogens (primary N) is 1. The highest BCUT2D eigenvalue weighted by Crippen LogP contribution is 2.27. The van der Waals surface area contributed by atoms with E-state index >= 15 is 0 Å². The Morgan fingerprint density at radius 2 is 2.27 bits per heavy atom. The molecule has 0 heterocycles. The van der Waals surface area contributed by atoms with Crippen molar-refractivity contribution in [3.8, 4) is 0 Å². The average molecular weight is 155 g/mol. The van der Waals surface area contributed by atoms with Gasteiger partial charge < -0.3 is 10.8 Å². The van der Waals surface area contributed by atoms with Crippen molar-refractivity contribution in [2.75, 3.05) is 0 Å². The van der Waals surface area contributed by atoms with Gasteiger partial charge in [0.05, 0.1) is 5.92 Å². The number of rotatable bonds is 1. The Balaban J connectivity index is 2.58. The smallest absolute Gasteiger partial charge is 0.310 e. The lowest BCUT2D eigenvalue weighted by molar-refractivity contribution is -0.141. The zero-order chi connectivity index (χ0) is 8.43. The van der Waals surface area contributed by atoms with Crippen molar-refractivity contribution in [3.63, 3.8) is 0 Å². The maximum absolute atomic E-state index is 10.6. The third kappa shape index (κ3) is 1.80. The Bertz CT molecular complexity index is 189. The fourth-order valence-electron chi connectivity index (χ4n) is 1.46. The van der Waals surface area contributed by atoms with Gasteiger partial charge in [-0.25, -0.2) is 0 Å². The third-order valence-corrected chi connectivity index (χ3v) is 2.14. The normalized spacial score (nSPS) is 31.9. The molecule has 0 spiro atoms. The highest BCUT2D eigenvalue weighted by molar-refractivity contribution is 5.73. The van der Waals surface area contributed by atoms with E-state index in [-0.39, 0.29) is 12.0 Å². The van der Waals surface area contributed by atoms with Gasteiger partial charge in [-0.1, -0.05) is 12.2 Å². The fraction of sp³-hybridized carbons (Fsp3) is 0.625. The summed E-state index contributed by atoms with van der Waals surface area (Å²) in [4.78, 5) is 10.6. The molecular formula is C8H13NO2. The molecule has 11 heavy (non-hydrogen) atoms. The number of carboxylic acid groups (broad SMARTS) is 1. The SMILES string of the molecule is C=C1CC(N)CCC1C(=O)O. The molecule has 0 aromatic heterocycles. The summed E-state index contributed by atoms with van der Waals surface area (Å²) in [6, 6.07) is 0.123. The molecule has 0 saturated heterocycles. The quantitative estimate of drug-likeness (QED) is 0.549. The average Bonchev–Trinajstić information content (AvgIpc) is 1.85. The van der Waals surface area contributed by atoms with E-state index in [2.05, 4.69) is 6.58 Å². The first kappa shape index (κ1) is 8.27. The lowest BCUT2D eigenvalue weighted by Crippen LogP contribution is -2.31. The van der Waals surface area contributed by atoms with Gasteiger partial charge >= 0.3 is 5.97 Å². The topological polar surface area (TPSA) is 63.3 Å². The third-order valence-electron chi connectivity index (χ3n) is 2.14. The Morgan fingerprint density at radius 3 is 2.73 bits per heavy atom. The largest absolute Gasteiger partial charge is 0.481 e. The molecule has 2 atom stereocenters. The summed E-state index contributed by atoms with van der Waals surface area (Å²) in [6.07, 6.45) is 2.11. The monoisotopic (exact) mass is 155 g/mol. The second kappa shape index (κ2) is 3.05. The van der Waals surface area contributed by atoms with Gasteiger partial charge in [-0.3, -0.25) is 4.79 Å². The number of hydrogen-bond acceptors (Lipinski definition) is 2. The fourth-order valence-corrected chi connectivity index (χ4v) is 1.46. The van der Waals surface area contributed by atoms with Crippen LogP contribution in [0.25, 0.3) is 0 Å². The molecule has 0 radical (unpaired) electrons. The van der Waals surface area contributed by atoms with Crippen LogP contribution in [-0.4, -0.2) is 17.1 Å². The Morgan fingerprint density at radius 1 is 1.64 bits per heavy atom. The summed E-state index contributed by atoms with van der Waals surface area (Å²) in [5, 5.41) is 8.69. The lowest BCUT2D eigenvalue weighted by Gasteiger charge is -2.25. The van der Waals surface area contributed by atoms with Crippen LogP contribution in [-0.2, 0) is 4.79 Å². The first-order chi connectivity index (χ1) is 5.11. The molecule has 0 aromatic carbocycles. The van der Waals surface area contributed by atoms with Crippen molar-refractivity contribution in [2.24, 2.45) is 11.7 Å². The van der Waals surface area contributed by atoms with E-state index in [0.29, 0.717) is 12.8 Å². The molecule has 62 valence electrons. The lowest BCUT2D eigenvalue weighted by atomic mass is 9.83. The minimum atomic E-state index is -0.762. The summed E-state index contributed by atoms with van der Waals surface area (Å²) in [5.74, 6) is -1.11. The van der Waals surface area contributed by atoms with E-state index in [1.54, 1.807) is 0 Å². The summed E-state index contributed by atoms with van der Waals surface area (Å²) in [5.41, 5.74) is 6.41. The Labute approximate surface area is 65.9 Å². The first-order valence-corrected chi connectivity index (χ1v) is 3.77. The van der Waals surface area contributed by atoms with Gasteiger partial charge in [0, 0.05) is 6.04 Å². The van der Waals surface area contributed by atoms with E-state index in [0.717, 1.165) is 12.0 Å². The molecule has 0 aliphatic heterocycles. The van der Waals surface area contributed by atoms with E-state index in [1.165, 1.54) is 0 Å². The molecule has 0 amide bonds. The molecule has 3 nitrogen and oxygen atoms in total. The Hall–Kier alpha value is -0.830. The van der Waals surface area contributed by atoms with Crippen molar-refractivity contribution in [3.05, 3.63) is 12.2 Å². The van der Waals surface area contributed by atoms with Crippen LogP contribution in [0.1, 0.15) is 19.3 Å². The van der Waals surface area contributed by atoms with Gasteiger partial charge in [0.15, 0.2) is 0 Å². The molecule has 1 aliphatic rings. The number of carboxylic acids is 1. The summed E-state index contributed by atoms with van der Waals surface area (Å²) < 4.78 is 0. The molecular weight excluding hydrogens is 142 g/mol. The Kier molecular flexibility index (Phi) is 2.29. The number of carbonyl (C=O) groups is 1. The zero-order valence-corrected chi connectivity index (χ0v) is 6.42. The zero-order valence-electron chi connectivity index (χ0n) is 6.42. The molecule has 1 rings (SSSR count). The molecule has 1 saturated carbocycles. The number of hydrogen-bond donors (Lipinski definition) is 2. The highest BCUT2D eigenvalue weighted by Gasteiger charge is 2.26. The van der Waals surface area contributed by atoms with Crippen molar-refractivity contribution in [2.45, 2.75) is 25.3 Å². The molecule has 1 aliphatic carbocycles. The first-order valence-electron chi connectivity index (χ1n) is 3.77. The summed E-state index contributed by atoms with van der Waals surface area (Å²) >= 11 is 0. The molecule has 0 aromatic rings. The highest BCUT2D eigenvalue weighted by atomic mass is 16.4. The van der Waals surface area contributed by atoms with Crippen LogP contribution in [0.15, 0.2) is 12.2 Å². The molecule has 3 N–H and O–H groups in total. The van der Waals surface area contributed by atoms with Crippen LogP contribution < -0.4 is 5.73 Å². The van der Waals surface area contributed by atoms with E-state index in [1.807, 2.05) is 0 Å². The predicted octanol–water partition coefficient (Wildman–Crippen LogP) is 0.755. The molecule has 2 unspecified atom stereocenters. The van der Waals surface area contributed by atoms with Crippen LogP contribution in [0, 0.1) is 5.92 Å². The summed E-state index contributed by atoms with van der Waals surface area (Å²) in [6.45, 7) is 3.71. The maximum atomic E-state index is 10.6. The minimum absolute atomic E-state index is 0.123. The second-order valence-electron chi connectivity index (χ2n) is 3.09. The molecule has 1 fully saturated rings. The van der Waals surface area contributed by atoms with Crippen LogP contribution in [0.4, 0.5) is 0 Å². The van der Waals surface area contributed by atoms with E-state index in [9.17, 15) is 4.79 Å². The molecule has 3 heteroatoms. The molecule has 0 bridgehead atoms. The van der Waals surface area contributed by atoms with Crippen LogP contribution in [0.5, 0.6) is 0 Å². The van der Waals surface area contributed by atoms with Gasteiger partial charge in [0.2, 0.25) is 0 Å². The van der Waals surface area contributed by atoms with Gasteiger partial charge in [-0.05, 0) is 19.3 Å². The predicted molar refractivity (Wildman–Crippen MR) is 42.1 cm³/mol. The van der Waals surface area contributed by atoms with Crippen molar-refractivity contribution < 1.29 is 9.90 Å². The van der Waals surface area contributed by atoms with Crippen molar-refractivity contribution in [1.29, 1.82) is 0 Å². The summed E-state index contributed by atoms with van der Waals surface area (Å²) in [7, 11) is 0. The van der Waals surface area contributed by atoms with Crippen LogP contribution in [0.3, 0.4) is 0 Å². The second-order valence-corrected chi connectivity index (χ2v) is 3.09. The van der Waals surface area contributed by atoms with Crippen molar-refractivity contribution in [1.82, 2.24) is 0 Å². The van der Waals surface area contributed by atoms with Crippen LogP contribution in [0.2, 0.25) is 0 Å². The standard InChI is InChI=1S/C8H13NO2/c1-5-4-6(9)2-3-7(5)8(10)11/h6-7H,1-4,9H2,(H,10,11). The van der Waals surface area contributed by atoms with Gasteiger partial charge in [-0.15, -0.1) is 0 Å². The minimum Gasteiger partial charge on any atom is -0.481 e. The maximum Gasteiger partial charge on any atom is 0.310 e. The van der Waals surface area contributed by atoms with E-state index < -0.39 is 5.97 Å². The van der Waals surface area contributed by atoms with Gasteiger partial charge in [0.1, 0.15) is 0 Å². The van der Waals surface area contributed by atoms with E-state index in [4.69, 9.17) is 10.8 Å². The van der Waals surface area contributed by atoms with Crippen molar-refractivity contribution >= 4 is 5.97 Å². The van der Waals surface area contributed by atoms with Crippen LogP contribution >= 0.6 is 0 Å². The van der Waals surface area contributed by atoms with Gasteiger partial charge in [0.25, 0.3) is 0 Å². The number of aliphatic carboxylic acids is 1. The van der Waals surface area contributed by atoms with Gasteiger partial charge in [-0.2, -0.15) is 0 Å².